The molecule has 3 aromatic rings. The number of aryl methyl sites for hydroxylation is 3. The number of aromatic nitrogens is 1. The molecule has 0 N–H and O–H groups in total. The SMILES string of the molecule is Cc1cc(C)c(Cc2csc(N3CCN(S(=O)(=O)c4ccccc4C#N)CC3)n2)c(C)c1. The molecule has 0 amide bonds. The summed E-state index contributed by atoms with van der Waals surface area (Å²) in [6, 6.07) is 12.8. The molecule has 0 bridgehead atoms. The molecule has 0 atom stereocenters. The van der Waals surface area contributed by atoms with Gasteiger partial charge in [-0.15, -0.1) is 11.3 Å². The Bertz CT molecular complexity index is 1260. The summed E-state index contributed by atoms with van der Waals surface area (Å²) < 4.78 is 27.6. The number of hydrogen-bond acceptors (Lipinski definition) is 6. The van der Waals surface area contributed by atoms with Crippen LogP contribution in [0.1, 0.15) is 33.5 Å². The number of nitrogens with zero attached hydrogens (tertiary/aromatic N) is 4. The fourth-order valence-corrected chi connectivity index (χ4v) is 6.68. The Balaban J connectivity index is 1.45. The second-order valence-electron chi connectivity index (χ2n) is 8.17. The first kappa shape index (κ1) is 22.5. The van der Waals surface area contributed by atoms with Gasteiger partial charge in [0.25, 0.3) is 0 Å². The van der Waals surface area contributed by atoms with Gasteiger partial charge in [0.1, 0.15) is 6.07 Å². The molecule has 6 nitrogen and oxygen atoms in total. The molecule has 32 heavy (non-hydrogen) atoms. The highest BCUT2D eigenvalue weighted by molar-refractivity contribution is 7.89. The normalized spacial score (nSPS) is 15.0. The van der Waals surface area contributed by atoms with Gasteiger partial charge in [-0.05, 0) is 49.6 Å². The van der Waals surface area contributed by atoms with Crippen LogP contribution in [0, 0.1) is 32.1 Å². The smallest absolute Gasteiger partial charge is 0.244 e. The number of nitriles is 1. The van der Waals surface area contributed by atoms with E-state index in [9.17, 15) is 13.7 Å². The third-order valence-corrected chi connectivity index (χ3v) is 8.78. The van der Waals surface area contributed by atoms with Gasteiger partial charge in [0.15, 0.2) is 5.13 Å². The van der Waals surface area contributed by atoms with Crippen LogP contribution in [-0.2, 0) is 16.4 Å². The molecule has 8 heteroatoms. The van der Waals surface area contributed by atoms with E-state index < -0.39 is 10.0 Å². The summed E-state index contributed by atoms with van der Waals surface area (Å²) in [6.45, 7) is 8.29. The highest BCUT2D eigenvalue weighted by atomic mass is 32.2. The molecular formula is C24H26N4O2S2. The second-order valence-corrected chi connectivity index (χ2v) is 10.9. The number of anilines is 1. The summed E-state index contributed by atoms with van der Waals surface area (Å²) in [5, 5.41) is 12.3. The predicted octanol–water partition coefficient (Wildman–Crippen LogP) is 4.04. The van der Waals surface area contributed by atoms with E-state index in [1.165, 1.54) is 38.7 Å². The van der Waals surface area contributed by atoms with E-state index in [0.29, 0.717) is 26.2 Å². The molecule has 1 aliphatic heterocycles. The van der Waals surface area contributed by atoms with Crippen LogP contribution in [-0.4, -0.2) is 43.9 Å². The van der Waals surface area contributed by atoms with Gasteiger partial charge in [0, 0.05) is 38.0 Å². The van der Waals surface area contributed by atoms with Crippen molar-refractivity contribution >= 4 is 26.5 Å². The van der Waals surface area contributed by atoms with Crippen molar-refractivity contribution < 1.29 is 8.42 Å². The molecule has 1 fully saturated rings. The molecule has 1 aromatic heterocycles. The van der Waals surface area contributed by atoms with Crippen LogP contribution in [0.25, 0.3) is 0 Å². The predicted molar refractivity (Wildman–Crippen MR) is 128 cm³/mol. The van der Waals surface area contributed by atoms with Crippen molar-refractivity contribution in [1.29, 1.82) is 5.26 Å². The molecule has 0 radical (unpaired) electrons. The Morgan fingerprint density at radius 2 is 1.72 bits per heavy atom. The molecule has 2 heterocycles. The molecule has 0 spiro atoms. The number of hydrogen-bond donors (Lipinski definition) is 0. The summed E-state index contributed by atoms with van der Waals surface area (Å²) >= 11 is 1.61. The van der Waals surface area contributed by atoms with Crippen LogP contribution in [0.4, 0.5) is 5.13 Å². The Morgan fingerprint density at radius 3 is 2.38 bits per heavy atom. The third kappa shape index (κ3) is 4.42. The highest BCUT2D eigenvalue weighted by Crippen LogP contribution is 2.27. The molecule has 1 saturated heterocycles. The van der Waals surface area contributed by atoms with Gasteiger partial charge < -0.3 is 4.90 Å². The lowest BCUT2D eigenvalue weighted by atomic mass is 9.96. The second kappa shape index (κ2) is 9.02. The zero-order valence-electron chi connectivity index (χ0n) is 18.5. The summed E-state index contributed by atoms with van der Waals surface area (Å²) in [4.78, 5) is 7.06. The number of benzene rings is 2. The van der Waals surface area contributed by atoms with Crippen LogP contribution in [0.3, 0.4) is 0 Å². The van der Waals surface area contributed by atoms with Crippen LogP contribution in [0.5, 0.6) is 0 Å². The van der Waals surface area contributed by atoms with Crippen molar-refractivity contribution in [2.45, 2.75) is 32.1 Å². The average Bonchev–Trinajstić information content (AvgIpc) is 3.25. The summed E-state index contributed by atoms with van der Waals surface area (Å²) in [5.41, 5.74) is 6.38. The number of piperazine rings is 1. The Kier molecular flexibility index (Phi) is 6.33. The summed E-state index contributed by atoms with van der Waals surface area (Å²) in [7, 11) is -3.69. The van der Waals surface area contributed by atoms with Gasteiger partial charge in [0.2, 0.25) is 10.0 Å². The lowest BCUT2D eigenvalue weighted by Gasteiger charge is -2.33. The van der Waals surface area contributed by atoms with Crippen molar-refractivity contribution in [3.05, 3.63) is 75.3 Å². The minimum atomic E-state index is -3.69. The number of rotatable bonds is 5. The highest BCUT2D eigenvalue weighted by Gasteiger charge is 2.31. The molecule has 4 rings (SSSR count). The van der Waals surface area contributed by atoms with Gasteiger partial charge in [-0.1, -0.05) is 29.8 Å². The molecule has 0 saturated carbocycles. The first-order chi connectivity index (χ1) is 15.3. The third-order valence-electron chi connectivity index (χ3n) is 5.87. The van der Waals surface area contributed by atoms with Crippen LogP contribution < -0.4 is 4.90 Å². The van der Waals surface area contributed by atoms with Crippen LogP contribution >= 0.6 is 11.3 Å². The Labute approximate surface area is 193 Å². The summed E-state index contributed by atoms with van der Waals surface area (Å²) in [6.07, 6.45) is 0.799. The quantitative estimate of drug-likeness (QED) is 0.567. The fraction of sp³-hybridized carbons (Fsp3) is 0.333. The fourth-order valence-electron chi connectivity index (χ4n) is 4.24. The molecule has 0 unspecified atom stereocenters. The van der Waals surface area contributed by atoms with Crippen molar-refractivity contribution in [2.75, 3.05) is 31.1 Å². The van der Waals surface area contributed by atoms with Gasteiger partial charge in [-0.2, -0.15) is 9.57 Å². The maximum absolute atomic E-state index is 13.0. The lowest BCUT2D eigenvalue weighted by molar-refractivity contribution is 0.384. The van der Waals surface area contributed by atoms with Gasteiger partial charge in [-0.25, -0.2) is 13.4 Å². The van der Waals surface area contributed by atoms with E-state index in [1.807, 2.05) is 6.07 Å². The maximum atomic E-state index is 13.0. The van der Waals surface area contributed by atoms with E-state index in [0.717, 1.165) is 17.2 Å². The van der Waals surface area contributed by atoms with E-state index in [-0.39, 0.29) is 10.5 Å². The number of thiazole rings is 1. The largest absolute Gasteiger partial charge is 0.345 e. The number of sulfonamides is 1. The van der Waals surface area contributed by atoms with E-state index in [4.69, 9.17) is 4.98 Å². The minimum absolute atomic E-state index is 0.0799. The standard InChI is InChI=1S/C24H26N4O2S2/c1-17-12-18(2)22(19(3)13-17)14-21-16-31-24(26-21)27-8-10-28(11-9-27)32(29,30)23-7-5-4-6-20(23)15-25/h4-7,12-13,16H,8-11,14H2,1-3H3. The average molecular weight is 467 g/mol. The molecule has 166 valence electrons. The van der Waals surface area contributed by atoms with Crippen molar-refractivity contribution in [3.63, 3.8) is 0 Å². The first-order valence-electron chi connectivity index (χ1n) is 10.5. The van der Waals surface area contributed by atoms with E-state index in [1.54, 1.807) is 23.5 Å². The Morgan fingerprint density at radius 1 is 1.06 bits per heavy atom. The zero-order valence-corrected chi connectivity index (χ0v) is 20.1. The van der Waals surface area contributed by atoms with Crippen LogP contribution in [0.15, 0.2) is 46.7 Å². The van der Waals surface area contributed by atoms with Crippen molar-refractivity contribution in [3.8, 4) is 6.07 Å². The topological polar surface area (TPSA) is 77.3 Å². The summed E-state index contributed by atoms with van der Waals surface area (Å²) in [5.74, 6) is 0. The molecule has 0 aliphatic carbocycles. The monoisotopic (exact) mass is 466 g/mol. The van der Waals surface area contributed by atoms with Crippen LogP contribution in [0.2, 0.25) is 0 Å². The maximum Gasteiger partial charge on any atom is 0.244 e. The molecule has 2 aromatic carbocycles. The first-order valence-corrected chi connectivity index (χ1v) is 12.9. The van der Waals surface area contributed by atoms with Crippen molar-refractivity contribution in [1.82, 2.24) is 9.29 Å². The molecule has 1 aliphatic rings. The lowest BCUT2D eigenvalue weighted by Crippen LogP contribution is -2.48. The van der Waals surface area contributed by atoms with E-state index >= 15 is 0 Å². The van der Waals surface area contributed by atoms with E-state index in [2.05, 4.69) is 43.2 Å². The minimum Gasteiger partial charge on any atom is -0.345 e. The van der Waals surface area contributed by atoms with Gasteiger partial charge in [0.05, 0.1) is 16.2 Å². The van der Waals surface area contributed by atoms with Gasteiger partial charge in [-0.3, -0.25) is 0 Å². The van der Waals surface area contributed by atoms with Crippen molar-refractivity contribution in [2.24, 2.45) is 0 Å². The molecular weight excluding hydrogens is 440 g/mol. The van der Waals surface area contributed by atoms with Gasteiger partial charge >= 0.3 is 0 Å². The Hall–Kier alpha value is -2.73. The zero-order chi connectivity index (χ0) is 22.9.